The summed E-state index contributed by atoms with van der Waals surface area (Å²) in [6.45, 7) is 0. The summed E-state index contributed by atoms with van der Waals surface area (Å²) in [6.07, 6.45) is 8.61. The smallest absolute Gasteiger partial charge is 0.0608 e. The maximum absolute atomic E-state index is 10.1. The minimum atomic E-state index is -0.111. The standard InChI is InChI=1S/C16H22O/c17-16-10-2-1-9-15(16)14-8-4-7-13(11-14)12-5-3-6-12/h4,7-8,11-12,15-17H,1-3,5-6,9-10H2. The zero-order valence-electron chi connectivity index (χ0n) is 10.4. The molecular formula is C16H22O. The van der Waals surface area contributed by atoms with Crippen LogP contribution in [-0.4, -0.2) is 11.2 Å². The van der Waals surface area contributed by atoms with E-state index in [9.17, 15) is 5.11 Å². The van der Waals surface area contributed by atoms with Gasteiger partial charge in [-0.25, -0.2) is 0 Å². The van der Waals surface area contributed by atoms with Gasteiger partial charge in [-0.15, -0.1) is 0 Å². The van der Waals surface area contributed by atoms with E-state index < -0.39 is 0 Å². The summed E-state index contributed by atoms with van der Waals surface area (Å²) in [4.78, 5) is 0. The number of benzene rings is 1. The number of rotatable bonds is 2. The zero-order chi connectivity index (χ0) is 11.7. The summed E-state index contributed by atoms with van der Waals surface area (Å²) < 4.78 is 0. The Kier molecular flexibility index (Phi) is 3.19. The van der Waals surface area contributed by atoms with Crippen molar-refractivity contribution in [3.63, 3.8) is 0 Å². The lowest BCUT2D eigenvalue weighted by molar-refractivity contribution is 0.106. The van der Waals surface area contributed by atoms with E-state index >= 15 is 0 Å². The third kappa shape index (κ3) is 2.26. The molecule has 0 heterocycles. The van der Waals surface area contributed by atoms with Gasteiger partial charge in [-0.1, -0.05) is 43.5 Å². The van der Waals surface area contributed by atoms with Crippen molar-refractivity contribution >= 4 is 0 Å². The Morgan fingerprint density at radius 3 is 2.35 bits per heavy atom. The molecule has 0 saturated heterocycles. The Hall–Kier alpha value is -0.820. The van der Waals surface area contributed by atoms with Crippen LogP contribution in [0.25, 0.3) is 0 Å². The molecule has 0 bridgehead atoms. The minimum Gasteiger partial charge on any atom is -0.392 e. The van der Waals surface area contributed by atoms with Crippen LogP contribution >= 0.6 is 0 Å². The van der Waals surface area contributed by atoms with Gasteiger partial charge in [-0.3, -0.25) is 0 Å². The average Bonchev–Trinajstić information content (AvgIpc) is 2.28. The molecule has 1 aromatic carbocycles. The molecule has 2 unspecified atom stereocenters. The second-order valence-corrected chi connectivity index (χ2v) is 5.76. The van der Waals surface area contributed by atoms with Crippen LogP contribution in [0.5, 0.6) is 0 Å². The second kappa shape index (κ2) is 4.81. The van der Waals surface area contributed by atoms with E-state index in [4.69, 9.17) is 0 Å². The van der Waals surface area contributed by atoms with Crippen molar-refractivity contribution in [2.45, 2.75) is 62.9 Å². The predicted octanol–water partition coefficient (Wildman–Crippen LogP) is 3.97. The zero-order valence-corrected chi connectivity index (χ0v) is 10.4. The summed E-state index contributed by atoms with van der Waals surface area (Å²) in [6, 6.07) is 9.03. The SMILES string of the molecule is OC1CCCCC1c1cccc(C2CCC2)c1. The molecule has 17 heavy (non-hydrogen) atoms. The fourth-order valence-electron chi connectivity index (χ4n) is 3.29. The van der Waals surface area contributed by atoms with E-state index in [0.717, 1.165) is 18.8 Å². The Bertz CT molecular complexity index is 381. The van der Waals surface area contributed by atoms with Gasteiger partial charge in [-0.2, -0.15) is 0 Å². The van der Waals surface area contributed by atoms with E-state index in [1.165, 1.54) is 43.2 Å². The number of hydrogen-bond donors (Lipinski definition) is 1. The molecule has 92 valence electrons. The molecule has 1 aromatic rings. The van der Waals surface area contributed by atoms with Crippen molar-refractivity contribution in [2.75, 3.05) is 0 Å². The van der Waals surface area contributed by atoms with Crippen LogP contribution in [-0.2, 0) is 0 Å². The third-order valence-corrected chi connectivity index (χ3v) is 4.64. The summed E-state index contributed by atoms with van der Waals surface area (Å²) in [5, 5.41) is 10.1. The van der Waals surface area contributed by atoms with Gasteiger partial charge >= 0.3 is 0 Å². The molecule has 0 aromatic heterocycles. The van der Waals surface area contributed by atoms with Crippen LogP contribution in [0.2, 0.25) is 0 Å². The molecule has 2 saturated carbocycles. The van der Waals surface area contributed by atoms with Gasteiger partial charge in [0, 0.05) is 5.92 Å². The summed E-state index contributed by atoms with van der Waals surface area (Å²) in [5.41, 5.74) is 2.88. The largest absolute Gasteiger partial charge is 0.392 e. The lowest BCUT2D eigenvalue weighted by Gasteiger charge is -2.30. The first-order valence-corrected chi connectivity index (χ1v) is 7.12. The molecule has 0 amide bonds. The van der Waals surface area contributed by atoms with Crippen LogP contribution in [0.15, 0.2) is 24.3 Å². The molecule has 0 radical (unpaired) electrons. The normalized spacial score (nSPS) is 29.9. The minimum absolute atomic E-state index is 0.111. The van der Waals surface area contributed by atoms with Crippen molar-refractivity contribution in [2.24, 2.45) is 0 Å². The van der Waals surface area contributed by atoms with Crippen LogP contribution in [0.4, 0.5) is 0 Å². The van der Waals surface area contributed by atoms with E-state index in [0.29, 0.717) is 5.92 Å². The third-order valence-electron chi connectivity index (χ3n) is 4.64. The van der Waals surface area contributed by atoms with Crippen molar-refractivity contribution < 1.29 is 5.11 Å². The highest BCUT2D eigenvalue weighted by Crippen LogP contribution is 2.39. The summed E-state index contributed by atoms with van der Waals surface area (Å²) in [7, 11) is 0. The monoisotopic (exact) mass is 230 g/mol. The fraction of sp³-hybridized carbons (Fsp3) is 0.625. The van der Waals surface area contributed by atoms with E-state index in [-0.39, 0.29) is 6.10 Å². The number of aliphatic hydroxyl groups excluding tert-OH is 1. The molecule has 1 nitrogen and oxygen atoms in total. The molecule has 0 aliphatic heterocycles. The molecule has 2 fully saturated rings. The van der Waals surface area contributed by atoms with E-state index in [1.807, 2.05) is 0 Å². The topological polar surface area (TPSA) is 20.2 Å². The maximum Gasteiger partial charge on any atom is 0.0608 e. The van der Waals surface area contributed by atoms with Crippen LogP contribution < -0.4 is 0 Å². The molecular weight excluding hydrogens is 208 g/mol. The van der Waals surface area contributed by atoms with Gasteiger partial charge in [0.05, 0.1) is 6.10 Å². The first kappa shape index (κ1) is 11.3. The van der Waals surface area contributed by atoms with Crippen LogP contribution in [0, 0.1) is 0 Å². The fourth-order valence-corrected chi connectivity index (χ4v) is 3.29. The van der Waals surface area contributed by atoms with Gasteiger partial charge in [0.1, 0.15) is 0 Å². The molecule has 2 aliphatic rings. The molecule has 0 spiro atoms. The highest BCUT2D eigenvalue weighted by atomic mass is 16.3. The highest BCUT2D eigenvalue weighted by molar-refractivity contribution is 5.30. The van der Waals surface area contributed by atoms with Gasteiger partial charge < -0.3 is 5.11 Å². The van der Waals surface area contributed by atoms with Crippen LogP contribution in [0.1, 0.15) is 67.9 Å². The van der Waals surface area contributed by atoms with E-state index in [1.54, 1.807) is 0 Å². The molecule has 3 rings (SSSR count). The Morgan fingerprint density at radius 2 is 1.65 bits per heavy atom. The quantitative estimate of drug-likeness (QED) is 0.815. The first-order valence-electron chi connectivity index (χ1n) is 7.12. The number of aliphatic hydroxyl groups is 1. The van der Waals surface area contributed by atoms with Gasteiger partial charge in [-0.05, 0) is 42.7 Å². The second-order valence-electron chi connectivity index (χ2n) is 5.76. The van der Waals surface area contributed by atoms with Crippen LogP contribution in [0.3, 0.4) is 0 Å². The van der Waals surface area contributed by atoms with Gasteiger partial charge in [0.25, 0.3) is 0 Å². The summed E-state index contributed by atoms with van der Waals surface area (Å²) in [5.74, 6) is 1.19. The number of hydrogen-bond acceptors (Lipinski definition) is 1. The maximum atomic E-state index is 10.1. The average molecular weight is 230 g/mol. The van der Waals surface area contributed by atoms with Crippen molar-refractivity contribution in [3.8, 4) is 0 Å². The Balaban J connectivity index is 1.81. The molecule has 1 N–H and O–H groups in total. The summed E-state index contributed by atoms with van der Waals surface area (Å²) >= 11 is 0. The Morgan fingerprint density at radius 1 is 0.882 bits per heavy atom. The van der Waals surface area contributed by atoms with Crippen molar-refractivity contribution in [1.82, 2.24) is 0 Å². The lowest BCUT2D eigenvalue weighted by Crippen LogP contribution is -2.22. The highest BCUT2D eigenvalue weighted by Gasteiger charge is 2.26. The Labute approximate surface area is 104 Å². The van der Waals surface area contributed by atoms with Gasteiger partial charge in [0.2, 0.25) is 0 Å². The van der Waals surface area contributed by atoms with E-state index in [2.05, 4.69) is 24.3 Å². The molecule has 2 aliphatic carbocycles. The predicted molar refractivity (Wildman–Crippen MR) is 70.2 cm³/mol. The molecule has 1 heteroatoms. The first-order chi connectivity index (χ1) is 8.34. The van der Waals surface area contributed by atoms with Crippen molar-refractivity contribution in [3.05, 3.63) is 35.4 Å². The lowest BCUT2D eigenvalue weighted by atomic mass is 9.77. The van der Waals surface area contributed by atoms with Crippen molar-refractivity contribution in [1.29, 1.82) is 0 Å². The van der Waals surface area contributed by atoms with Gasteiger partial charge in [0.15, 0.2) is 0 Å². The molecule has 2 atom stereocenters.